The molecule has 0 radical (unpaired) electrons. The second-order valence-corrected chi connectivity index (χ2v) is 5.84. The molecule has 1 unspecified atom stereocenters. The summed E-state index contributed by atoms with van der Waals surface area (Å²) in [4.78, 5) is 13.7. The number of rotatable bonds is 5. The van der Waals surface area contributed by atoms with Crippen molar-refractivity contribution in [3.63, 3.8) is 0 Å². The number of thiophene rings is 1. The summed E-state index contributed by atoms with van der Waals surface area (Å²) in [6.45, 7) is 1.24. The fourth-order valence-corrected chi connectivity index (χ4v) is 2.93. The molecule has 1 aromatic rings. The van der Waals surface area contributed by atoms with Crippen molar-refractivity contribution in [2.24, 2.45) is 0 Å². The molecule has 0 aliphatic carbocycles. The van der Waals surface area contributed by atoms with Crippen molar-refractivity contribution in [1.29, 1.82) is 0 Å². The first-order chi connectivity index (χ1) is 9.78. The van der Waals surface area contributed by atoms with Gasteiger partial charge in [0.25, 0.3) is 0 Å². The Kier molecular flexibility index (Phi) is 6.06. The molecule has 1 saturated heterocycles. The number of carbonyl (C=O) groups is 1. The Morgan fingerprint density at radius 1 is 1.55 bits per heavy atom. The molecular formula is C15H19NO3S. The molecule has 1 aromatic heterocycles. The van der Waals surface area contributed by atoms with Gasteiger partial charge in [0.05, 0.1) is 17.5 Å². The van der Waals surface area contributed by atoms with Gasteiger partial charge in [0.2, 0.25) is 5.91 Å². The summed E-state index contributed by atoms with van der Waals surface area (Å²) in [6.07, 6.45) is 3.78. The third-order valence-electron chi connectivity index (χ3n) is 3.13. The van der Waals surface area contributed by atoms with Gasteiger partial charge in [-0.3, -0.25) is 4.79 Å². The normalized spacial score (nSPS) is 17.6. The van der Waals surface area contributed by atoms with Crippen LogP contribution < -0.4 is 5.32 Å². The van der Waals surface area contributed by atoms with Crippen molar-refractivity contribution in [3.8, 4) is 11.8 Å². The zero-order valence-corrected chi connectivity index (χ0v) is 12.2. The lowest BCUT2D eigenvalue weighted by Crippen LogP contribution is -2.23. The van der Waals surface area contributed by atoms with Gasteiger partial charge in [0.15, 0.2) is 0 Å². The van der Waals surface area contributed by atoms with E-state index in [-0.39, 0.29) is 18.6 Å². The molecule has 1 aliphatic heterocycles. The van der Waals surface area contributed by atoms with E-state index in [1.54, 1.807) is 0 Å². The zero-order valence-electron chi connectivity index (χ0n) is 11.4. The highest BCUT2D eigenvalue weighted by Gasteiger charge is 2.16. The summed E-state index contributed by atoms with van der Waals surface area (Å²) in [7, 11) is 0. The highest BCUT2D eigenvalue weighted by molar-refractivity contribution is 7.12. The summed E-state index contributed by atoms with van der Waals surface area (Å²) < 4.78 is 5.49. The predicted molar refractivity (Wildman–Crippen MR) is 78.3 cm³/mol. The minimum Gasteiger partial charge on any atom is -0.384 e. The van der Waals surface area contributed by atoms with Crippen LogP contribution in [-0.2, 0) is 16.1 Å². The van der Waals surface area contributed by atoms with Crippen LogP contribution in [0.5, 0.6) is 0 Å². The van der Waals surface area contributed by atoms with Gasteiger partial charge < -0.3 is 15.2 Å². The zero-order chi connectivity index (χ0) is 14.2. The van der Waals surface area contributed by atoms with E-state index in [9.17, 15) is 4.79 Å². The lowest BCUT2D eigenvalue weighted by atomic mass is 10.1. The third-order valence-corrected chi connectivity index (χ3v) is 4.13. The molecule has 0 bridgehead atoms. The Balaban J connectivity index is 1.68. The molecule has 20 heavy (non-hydrogen) atoms. The van der Waals surface area contributed by atoms with Gasteiger partial charge in [-0.25, -0.2) is 0 Å². The second kappa shape index (κ2) is 8.05. The Morgan fingerprint density at radius 3 is 3.20 bits per heavy atom. The Hall–Kier alpha value is -1.35. The van der Waals surface area contributed by atoms with Crippen LogP contribution in [0.4, 0.5) is 0 Å². The molecule has 0 spiro atoms. The second-order valence-electron chi connectivity index (χ2n) is 4.68. The van der Waals surface area contributed by atoms with Gasteiger partial charge >= 0.3 is 0 Å². The van der Waals surface area contributed by atoms with Crippen LogP contribution in [0, 0.1) is 11.8 Å². The maximum Gasteiger partial charge on any atom is 0.220 e. The number of hydrogen-bond acceptors (Lipinski definition) is 4. The van der Waals surface area contributed by atoms with Crippen molar-refractivity contribution >= 4 is 17.2 Å². The van der Waals surface area contributed by atoms with E-state index < -0.39 is 0 Å². The Morgan fingerprint density at radius 2 is 2.45 bits per heavy atom. The van der Waals surface area contributed by atoms with E-state index in [1.165, 1.54) is 11.3 Å². The fourth-order valence-electron chi connectivity index (χ4n) is 2.10. The summed E-state index contributed by atoms with van der Waals surface area (Å²) in [5, 5.41) is 11.5. The summed E-state index contributed by atoms with van der Waals surface area (Å²) in [6, 6.07) is 3.85. The van der Waals surface area contributed by atoms with Crippen molar-refractivity contribution < 1.29 is 14.6 Å². The molecule has 1 fully saturated rings. The summed E-state index contributed by atoms with van der Waals surface area (Å²) in [5.41, 5.74) is 0. The first-order valence-electron chi connectivity index (χ1n) is 6.84. The molecule has 1 aliphatic rings. The monoisotopic (exact) mass is 293 g/mol. The highest BCUT2D eigenvalue weighted by atomic mass is 32.1. The molecule has 0 saturated carbocycles. The van der Waals surface area contributed by atoms with Crippen LogP contribution >= 0.6 is 11.3 Å². The maximum absolute atomic E-state index is 11.7. The molecule has 2 rings (SSSR count). The van der Waals surface area contributed by atoms with E-state index in [1.807, 2.05) is 12.1 Å². The molecular weight excluding hydrogens is 274 g/mol. The van der Waals surface area contributed by atoms with Gasteiger partial charge in [0, 0.05) is 17.9 Å². The smallest absolute Gasteiger partial charge is 0.220 e. The number of amides is 1. The van der Waals surface area contributed by atoms with E-state index >= 15 is 0 Å². The van der Waals surface area contributed by atoms with Crippen LogP contribution in [0.25, 0.3) is 0 Å². The number of aliphatic hydroxyl groups is 1. The van der Waals surface area contributed by atoms with Crippen molar-refractivity contribution in [1.82, 2.24) is 5.32 Å². The molecule has 108 valence electrons. The maximum atomic E-state index is 11.7. The number of carbonyl (C=O) groups excluding carboxylic acids is 1. The van der Waals surface area contributed by atoms with Crippen LogP contribution in [-0.4, -0.2) is 30.3 Å². The lowest BCUT2D eigenvalue weighted by molar-refractivity contribution is -0.121. The van der Waals surface area contributed by atoms with Crippen molar-refractivity contribution in [2.75, 3.05) is 13.2 Å². The summed E-state index contributed by atoms with van der Waals surface area (Å²) in [5.74, 6) is 5.53. The Labute approximate surface area is 123 Å². The molecule has 2 N–H and O–H groups in total. The molecule has 0 aromatic carbocycles. The number of ether oxygens (including phenoxy) is 1. The van der Waals surface area contributed by atoms with Crippen molar-refractivity contribution in [3.05, 3.63) is 21.9 Å². The average molecular weight is 293 g/mol. The standard InChI is InChI=1S/C15H19NO3S/c17-9-1-4-13-6-7-14(20-13)11-16-15(18)8-5-12-3-2-10-19-12/h6-7,12,17H,2-3,5,8-11H2,(H,16,18). The highest BCUT2D eigenvalue weighted by Crippen LogP contribution is 2.17. The average Bonchev–Trinajstić information content (AvgIpc) is 3.12. The molecule has 5 heteroatoms. The first-order valence-corrected chi connectivity index (χ1v) is 7.66. The van der Waals surface area contributed by atoms with Gasteiger partial charge in [0.1, 0.15) is 6.61 Å². The minimum atomic E-state index is -0.132. The largest absolute Gasteiger partial charge is 0.384 e. The third kappa shape index (κ3) is 4.97. The van der Waals surface area contributed by atoms with Gasteiger partial charge in [-0.15, -0.1) is 11.3 Å². The predicted octanol–water partition coefficient (Wildman–Crippen LogP) is 1.67. The number of hydrogen-bond donors (Lipinski definition) is 2. The Bertz CT molecular complexity index is 495. The van der Waals surface area contributed by atoms with Gasteiger partial charge in [-0.05, 0) is 31.4 Å². The first kappa shape index (κ1) is 15.0. The quantitative estimate of drug-likeness (QED) is 0.812. The van der Waals surface area contributed by atoms with Gasteiger partial charge in [-0.2, -0.15) is 0 Å². The van der Waals surface area contributed by atoms with E-state index in [0.717, 1.165) is 35.6 Å². The molecule has 1 atom stereocenters. The topological polar surface area (TPSA) is 58.6 Å². The summed E-state index contributed by atoms with van der Waals surface area (Å²) >= 11 is 1.53. The minimum absolute atomic E-state index is 0.0666. The molecule has 2 heterocycles. The van der Waals surface area contributed by atoms with Crippen molar-refractivity contribution in [2.45, 2.75) is 38.3 Å². The number of nitrogens with one attached hydrogen (secondary N) is 1. The van der Waals surface area contributed by atoms with E-state index in [2.05, 4.69) is 17.2 Å². The lowest BCUT2D eigenvalue weighted by Gasteiger charge is -2.08. The molecule has 4 nitrogen and oxygen atoms in total. The van der Waals surface area contributed by atoms with E-state index in [0.29, 0.717) is 13.0 Å². The van der Waals surface area contributed by atoms with Gasteiger partial charge in [-0.1, -0.05) is 11.8 Å². The molecule has 1 amide bonds. The SMILES string of the molecule is O=C(CCC1CCCO1)NCc1ccc(C#CCO)s1. The fraction of sp³-hybridized carbons (Fsp3) is 0.533. The van der Waals surface area contributed by atoms with Crippen LogP contribution in [0.3, 0.4) is 0 Å². The van der Waals surface area contributed by atoms with E-state index in [4.69, 9.17) is 9.84 Å². The van der Waals surface area contributed by atoms with Crippen LogP contribution in [0.1, 0.15) is 35.4 Å². The van der Waals surface area contributed by atoms with Crippen LogP contribution in [0.2, 0.25) is 0 Å². The van der Waals surface area contributed by atoms with Crippen LogP contribution in [0.15, 0.2) is 12.1 Å². The number of aliphatic hydroxyl groups excluding tert-OH is 1.